The van der Waals surface area contributed by atoms with Gasteiger partial charge in [-0.3, -0.25) is 0 Å². The van der Waals surface area contributed by atoms with Crippen molar-refractivity contribution < 1.29 is 0 Å². The summed E-state index contributed by atoms with van der Waals surface area (Å²) in [6.45, 7) is 5.86. The first-order chi connectivity index (χ1) is 10.2. The van der Waals surface area contributed by atoms with Crippen LogP contribution >= 0.6 is 0 Å². The molecular formula is C17H22N4. The monoisotopic (exact) mass is 282 g/mol. The number of benzene rings is 1. The van der Waals surface area contributed by atoms with Crippen molar-refractivity contribution in [2.45, 2.75) is 39.2 Å². The number of rotatable bonds is 6. The van der Waals surface area contributed by atoms with E-state index in [1.807, 2.05) is 6.07 Å². The van der Waals surface area contributed by atoms with E-state index in [9.17, 15) is 0 Å². The topological polar surface area (TPSA) is 49.8 Å². The van der Waals surface area contributed by atoms with Crippen molar-refractivity contribution in [1.29, 1.82) is 0 Å². The molecule has 1 aromatic carbocycles. The van der Waals surface area contributed by atoms with Crippen molar-refractivity contribution >= 4 is 11.6 Å². The van der Waals surface area contributed by atoms with Gasteiger partial charge in [0.05, 0.1) is 0 Å². The number of anilines is 2. The van der Waals surface area contributed by atoms with Gasteiger partial charge in [-0.1, -0.05) is 29.8 Å². The van der Waals surface area contributed by atoms with Gasteiger partial charge in [0.1, 0.15) is 17.5 Å². The number of aryl methyl sites for hydroxylation is 1. The molecule has 1 heterocycles. The summed E-state index contributed by atoms with van der Waals surface area (Å²) < 4.78 is 0. The van der Waals surface area contributed by atoms with Crippen molar-refractivity contribution in [3.63, 3.8) is 0 Å². The number of hydrogen-bond donors (Lipinski definition) is 2. The van der Waals surface area contributed by atoms with Gasteiger partial charge in [-0.2, -0.15) is 0 Å². The summed E-state index contributed by atoms with van der Waals surface area (Å²) in [5.74, 6) is 3.36. The van der Waals surface area contributed by atoms with E-state index < -0.39 is 0 Å². The number of hydrogen-bond acceptors (Lipinski definition) is 4. The second-order valence-corrected chi connectivity index (χ2v) is 5.64. The first kappa shape index (κ1) is 13.9. The zero-order valence-electron chi connectivity index (χ0n) is 12.7. The zero-order valence-corrected chi connectivity index (χ0v) is 12.7. The summed E-state index contributed by atoms with van der Waals surface area (Å²) in [7, 11) is 0. The van der Waals surface area contributed by atoms with Crippen molar-refractivity contribution in [3.05, 3.63) is 47.3 Å². The molecule has 1 saturated carbocycles. The third-order valence-electron chi connectivity index (χ3n) is 3.60. The molecule has 0 aliphatic heterocycles. The fourth-order valence-electron chi connectivity index (χ4n) is 2.37. The molecule has 0 spiro atoms. The van der Waals surface area contributed by atoms with Crippen LogP contribution in [0.2, 0.25) is 0 Å². The van der Waals surface area contributed by atoms with Crippen LogP contribution in [-0.4, -0.2) is 16.5 Å². The molecule has 2 aromatic rings. The fraction of sp³-hybridized carbons (Fsp3) is 0.412. The number of nitrogens with zero attached hydrogens (tertiary/aromatic N) is 2. The van der Waals surface area contributed by atoms with Crippen LogP contribution < -0.4 is 10.6 Å². The lowest BCUT2D eigenvalue weighted by Gasteiger charge is -2.11. The van der Waals surface area contributed by atoms with Gasteiger partial charge in [0, 0.05) is 25.1 Å². The Kier molecular flexibility index (Phi) is 4.04. The van der Waals surface area contributed by atoms with Gasteiger partial charge >= 0.3 is 0 Å². The molecule has 0 amide bonds. The molecule has 1 aromatic heterocycles. The summed E-state index contributed by atoms with van der Waals surface area (Å²) in [4.78, 5) is 9.24. The largest absolute Gasteiger partial charge is 0.370 e. The predicted molar refractivity (Wildman–Crippen MR) is 86.7 cm³/mol. The zero-order chi connectivity index (χ0) is 14.7. The molecule has 4 nitrogen and oxygen atoms in total. The van der Waals surface area contributed by atoms with Crippen molar-refractivity contribution in [2.24, 2.45) is 0 Å². The first-order valence-corrected chi connectivity index (χ1v) is 7.67. The minimum atomic E-state index is 0.558. The molecule has 21 heavy (non-hydrogen) atoms. The predicted octanol–water partition coefficient (Wildman–Crippen LogP) is 3.71. The minimum absolute atomic E-state index is 0.558. The van der Waals surface area contributed by atoms with Gasteiger partial charge < -0.3 is 10.6 Å². The van der Waals surface area contributed by atoms with Crippen LogP contribution in [0.5, 0.6) is 0 Å². The van der Waals surface area contributed by atoms with Crippen LogP contribution in [0, 0.1) is 6.92 Å². The Labute approximate surface area is 126 Å². The van der Waals surface area contributed by atoms with E-state index in [-0.39, 0.29) is 0 Å². The second-order valence-electron chi connectivity index (χ2n) is 5.64. The van der Waals surface area contributed by atoms with Gasteiger partial charge in [0.15, 0.2) is 0 Å². The van der Waals surface area contributed by atoms with Gasteiger partial charge in [0.2, 0.25) is 0 Å². The molecule has 1 fully saturated rings. The molecule has 0 radical (unpaired) electrons. The third-order valence-corrected chi connectivity index (χ3v) is 3.60. The Bertz CT molecular complexity index is 620. The smallest absolute Gasteiger partial charge is 0.136 e. The average molecular weight is 282 g/mol. The molecule has 1 aliphatic carbocycles. The van der Waals surface area contributed by atoms with Gasteiger partial charge in [-0.25, -0.2) is 9.97 Å². The Morgan fingerprint density at radius 2 is 1.86 bits per heavy atom. The highest BCUT2D eigenvalue weighted by Crippen LogP contribution is 2.38. The lowest BCUT2D eigenvalue weighted by atomic mass is 10.1. The van der Waals surface area contributed by atoms with Gasteiger partial charge in [0.25, 0.3) is 0 Å². The normalized spacial score (nSPS) is 14.0. The first-order valence-electron chi connectivity index (χ1n) is 7.67. The Hall–Kier alpha value is -2.10. The molecule has 0 unspecified atom stereocenters. The maximum Gasteiger partial charge on any atom is 0.136 e. The maximum absolute atomic E-state index is 4.65. The average Bonchev–Trinajstić information content (AvgIpc) is 3.30. The second kappa shape index (κ2) is 6.12. The van der Waals surface area contributed by atoms with Gasteiger partial charge in [-0.05, 0) is 32.3 Å². The Morgan fingerprint density at radius 1 is 1.10 bits per heavy atom. The highest BCUT2D eigenvalue weighted by Gasteiger charge is 2.27. The Balaban J connectivity index is 1.74. The van der Waals surface area contributed by atoms with E-state index in [1.54, 1.807) is 0 Å². The summed E-state index contributed by atoms with van der Waals surface area (Å²) in [6, 6.07) is 10.5. The molecule has 4 heteroatoms. The van der Waals surface area contributed by atoms with Crippen LogP contribution in [-0.2, 0) is 6.54 Å². The molecule has 0 atom stereocenters. The summed E-state index contributed by atoms with van der Waals surface area (Å²) in [6.07, 6.45) is 2.43. The fourth-order valence-corrected chi connectivity index (χ4v) is 2.37. The SMILES string of the molecule is CCNc1cc(NCc2cccc(C)c2)nc(C2CC2)n1. The molecule has 0 saturated heterocycles. The van der Waals surface area contributed by atoms with Crippen LogP contribution in [0.15, 0.2) is 30.3 Å². The quantitative estimate of drug-likeness (QED) is 0.848. The van der Waals surface area contributed by atoms with E-state index in [0.717, 1.165) is 30.5 Å². The number of nitrogens with one attached hydrogen (secondary N) is 2. The summed E-state index contributed by atoms with van der Waals surface area (Å²) in [5, 5.41) is 6.71. The van der Waals surface area contributed by atoms with E-state index in [2.05, 4.69) is 58.7 Å². The summed E-state index contributed by atoms with van der Waals surface area (Å²) in [5.41, 5.74) is 2.55. The lowest BCUT2D eigenvalue weighted by molar-refractivity contribution is 0.918. The highest BCUT2D eigenvalue weighted by atomic mass is 15.1. The van der Waals surface area contributed by atoms with E-state index in [4.69, 9.17) is 0 Å². The van der Waals surface area contributed by atoms with Crippen molar-refractivity contribution in [1.82, 2.24) is 9.97 Å². The van der Waals surface area contributed by atoms with Gasteiger partial charge in [-0.15, -0.1) is 0 Å². The molecular weight excluding hydrogens is 260 g/mol. The third kappa shape index (κ3) is 3.72. The van der Waals surface area contributed by atoms with Crippen LogP contribution in [0.1, 0.15) is 42.6 Å². The van der Waals surface area contributed by atoms with Crippen LogP contribution in [0.25, 0.3) is 0 Å². The van der Waals surface area contributed by atoms with Crippen LogP contribution in [0.4, 0.5) is 11.6 Å². The van der Waals surface area contributed by atoms with Crippen molar-refractivity contribution in [2.75, 3.05) is 17.2 Å². The van der Waals surface area contributed by atoms with Crippen molar-refractivity contribution in [3.8, 4) is 0 Å². The molecule has 110 valence electrons. The lowest BCUT2D eigenvalue weighted by Crippen LogP contribution is -2.07. The van der Waals surface area contributed by atoms with E-state index in [1.165, 1.54) is 24.0 Å². The molecule has 1 aliphatic rings. The Morgan fingerprint density at radius 3 is 2.52 bits per heavy atom. The van der Waals surface area contributed by atoms with Crippen LogP contribution in [0.3, 0.4) is 0 Å². The maximum atomic E-state index is 4.65. The minimum Gasteiger partial charge on any atom is -0.370 e. The standard InChI is InChI=1S/C17H22N4/c1-3-18-15-10-16(21-17(20-15)14-7-8-14)19-11-13-6-4-5-12(2)9-13/h4-6,9-10,14H,3,7-8,11H2,1-2H3,(H2,18,19,20,21). The summed E-state index contributed by atoms with van der Waals surface area (Å²) >= 11 is 0. The molecule has 2 N–H and O–H groups in total. The highest BCUT2D eigenvalue weighted by molar-refractivity contribution is 5.48. The van der Waals surface area contributed by atoms with E-state index in [0.29, 0.717) is 5.92 Å². The van der Waals surface area contributed by atoms with E-state index >= 15 is 0 Å². The number of aromatic nitrogens is 2. The molecule has 3 rings (SSSR count). The molecule has 0 bridgehead atoms.